The summed E-state index contributed by atoms with van der Waals surface area (Å²) in [7, 11) is 3.15. The quantitative estimate of drug-likeness (QED) is 0.252. The molecule has 8 heteroatoms. The number of carbonyl (C=O) groups is 2. The molecule has 0 aromatic heterocycles. The van der Waals surface area contributed by atoms with Gasteiger partial charge in [-0.1, -0.05) is 32.0 Å². The highest BCUT2D eigenvalue weighted by molar-refractivity contribution is 5.94. The van der Waals surface area contributed by atoms with Crippen molar-refractivity contribution in [2.45, 2.75) is 39.2 Å². The van der Waals surface area contributed by atoms with Crippen molar-refractivity contribution in [2.24, 2.45) is 5.10 Å². The molecule has 0 aliphatic heterocycles. The van der Waals surface area contributed by atoms with Crippen molar-refractivity contribution < 1.29 is 19.1 Å². The number of amides is 2. The summed E-state index contributed by atoms with van der Waals surface area (Å²) in [6, 6.07) is 14.3. The van der Waals surface area contributed by atoms with Crippen LogP contribution in [-0.4, -0.2) is 62.8 Å². The lowest BCUT2D eigenvalue weighted by Crippen LogP contribution is -2.45. The van der Waals surface area contributed by atoms with Gasteiger partial charge < -0.3 is 14.8 Å². The highest BCUT2D eigenvalue weighted by atomic mass is 16.5. The number of benzene rings is 2. The highest BCUT2D eigenvalue weighted by Crippen LogP contribution is 2.26. The molecule has 2 aromatic rings. The Morgan fingerprint density at radius 3 is 2.35 bits per heavy atom. The maximum atomic E-state index is 12.9. The normalized spacial score (nSPS) is 11.9. The summed E-state index contributed by atoms with van der Waals surface area (Å²) >= 11 is 0. The van der Waals surface area contributed by atoms with Crippen molar-refractivity contribution in [2.75, 3.05) is 33.9 Å². The minimum atomic E-state index is -0.289. The second-order valence-corrected chi connectivity index (χ2v) is 7.70. The third-order valence-electron chi connectivity index (χ3n) is 5.58. The van der Waals surface area contributed by atoms with E-state index < -0.39 is 0 Å². The molecule has 0 unspecified atom stereocenters. The van der Waals surface area contributed by atoms with Crippen LogP contribution in [0.25, 0.3) is 0 Å². The Morgan fingerprint density at radius 1 is 1.00 bits per heavy atom. The molecule has 2 amide bonds. The maximum Gasteiger partial charge on any atom is 0.257 e. The SMILES string of the molecule is CCN(CC)[C@H](CCCCNC(=O)c1ccccc1)C(=O)N/N=C/c1ccc(OC)c(OC)c1. The lowest BCUT2D eigenvalue weighted by molar-refractivity contribution is -0.126. The number of carbonyl (C=O) groups excluding carboxylic acids is 2. The van der Waals surface area contributed by atoms with Crippen LogP contribution in [0.3, 0.4) is 0 Å². The van der Waals surface area contributed by atoms with Crippen LogP contribution in [0.5, 0.6) is 11.5 Å². The fourth-order valence-electron chi connectivity index (χ4n) is 3.68. The Morgan fingerprint density at radius 2 is 1.71 bits per heavy atom. The topological polar surface area (TPSA) is 92.3 Å². The van der Waals surface area contributed by atoms with E-state index in [2.05, 4.69) is 20.7 Å². The lowest BCUT2D eigenvalue weighted by atomic mass is 10.1. The van der Waals surface area contributed by atoms with Gasteiger partial charge >= 0.3 is 0 Å². The van der Waals surface area contributed by atoms with E-state index in [-0.39, 0.29) is 17.9 Å². The van der Waals surface area contributed by atoms with E-state index >= 15 is 0 Å². The summed E-state index contributed by atoms with van der Waals surface area (Å²) in [6.45, 7) is 6.17. The number of unbranched alkanes of at least 4 members (excludes halogenated alkanes) is 1. The van der Waals surface area contributed by atoms with Crippen LogP contribution in [0, 0.1) is 0 Å². The Hall–Kier alpha value is -3.39. The number of hydrogen-bond donors (Lipinski definition) is 2. The van der Waals surface area contributed by atoms with Gasteiger partial charge in [0.1, 0.15) is 0 Å². The number of nitrogens with one attached hydrogen (secondary N) is 2. The summed E-state index contributed by atoms with van der Waals surface area (Å²) in [6.07, 6.45) is 3.86. The number of hydrazone groups is 1. The second kappa shape index (κ2) is 14.7. The number of hydrogen-bond acceptors (Lipinski definition) is 6. The maximum absolute atomic E-state index is 12.9. The fraction of sp³-hybridized carbons (Fsp3) is 0.423. The first kappa shape index (κ1) is 26.9. The molecule has 2 aromatic carbocycles. The van der Waals surface area contributed by atoms with Crippen LogP contribution in [0.4, 0.5) is 0 Å². The van der Waals surface area contributed by atoms with Crippen molar-refractivity contribution >= 4 is 18.0 Å². The van der Waals surface area contributed by atoms with Crippen LogP contribution in [0.1, 0.15) is 49.0 Å². The van der Waals surface area contributed by atoms with Gasteiger partial charge in [0.2, 0.25) is 0 Å². The molecule has 0 heterocycles. The summed E-state index contributed by atoms with van der Waals surface area (Å²) < 4.78 is 10.5. The smallest absolute Gasteiger partial charge is 0.257 e. The van der Waals surface area contributed by atoms with Crippen LogP contribution >= 0.6 is 0 Å². The largest absolute Gasteiger partial charge is 0.493 e. The van der Waals surface area contributed by atoms with Gasteiger partial charge in [-0.05, 0) is 68.2 Å². The van der Waals surface area contributed by atoms with E-state index in [1.807, 2.05) is 38.1 Å². The van der Waals surface area contributed by atoms with Crippen LogP contribution < -0.4 is 20.2 Å². The van der Waals surface area contributed by atoms with Gasteiger partial charge in [-0.15, -0.1) is 0 Å². The molecular formula is C26H36N4O4. The van der Waals surface area contributed by atoms with Crippen LogP contribution in [-0.2, 0) is 4.79 Å². The molecule has 0 aliphatic rings. The molecular weight excluding hydrogens is 432 g/mol. The Kier molecular flexibility index (Phi) is 11.6. The summed E-state index contributed by atoms with van der Waals surface area (Å²) in [4.78, 5) is 27.2. The molecule has 0 radical (unpaired) electrons. The third kappa shape index (κ3) is 8.19. The second-order valence-electron chi connectivity index (χ2n) is 7.70. The predicted molar refractivity (Wildman–Crippen MR) is 135 cm³/mol. The Balaban J connectivity index is 1.87. The Labute approximate surface area is 202 Å². The average Bonchev–Trinajstić information content (AvgIpc) is 2.88. The van der Waals surface area contributed by atoms with Gasteiger partial charge in [0.05, 0.1) is 26.5 Å². The summed E-state index contributed by atoms with van der Waals surface area (Å²) in [5, 5.41) is 7.07. The molecule has 0 spiro atoms. The first-order chi connectivity index (χ1) is 16.5. The number of likely N-dealkylation sites (N-methyl/N-ethyl adjacent to an activating group) is 1. The van der Waals surface area contributed by atoms with Crippen molar-refractivity contribution in [3.63, 3.8) is 0 Å². The average molecular weight is 469 g/mol. The zero-order chi connectivity index (χ0) is 24.8. The zero-order valence-electron chi connectivity index (χ0n) is 20.5. The Bertz CT molecular complexity index is 930. The molecule has 0 saturated carbocycles. The molecule has 2 N–H and O–H groups in total. The molecule has 2 rings (SSSR count). The van der Waals surface area contributed by atoms with Crippen molar-refractivity contribution in [1.29, 1.82) is 0 Å². The molecule has 0 saturated heterocycles. The summed E-state index contributed by atoms with van der Waals surface area (Å²) in [5.74, 6) is 1.00. The van der Waals surface area contributed by atoms with Gasteiger partial charge in [0.25, 0.3) is 11.8 Å². The van der Waals surface area contributed by atoms with E-state index in [1.165, 1.54) is 0 Å². The van der Waals surface area contributed by atoms with Gasteiger partial charge in [-0.25, -0.2) is 5.43 Å². The van der Waals surface area contributed by atoms with Crippen LogP contribution in [0.2, 0.25) is 0 Å². The first-order valence-corrected chi connectivity index (χ1v) is 11.7. The van der Waals surface area contributed by atoms with Gasteiger partial charge in [-0.2, -0.15) is 5.10 Å². The standard InChI is InChI=1S/C26H36N4O4/c1-5-30(6-2)22(14-10-11-17-27-25(31)21-12-8-7-9-13-21)26(32)29-28-19-20-15-16-23(33-3)24(18-20)34-4/h7-9,12-13,15-16,18-19,22H,5-6,10-11,14,17H2,1-4H3,(H,27,31)(H,29,32)/b28-19+/t22-/m1/s1. The highest BCUT2D eigenvalue weighted by Gasteiger charge is 2.23. The van der Waals surface area contributed by atoms with E-state index in [4.69, 9.17) is 9.47 Å². The zero-order valence-corrected chi connectivity index (χ0v) is 20.5. The van der Waals surface area contributed by atoms with Gasteiger partial charge in [0.15, 0.2) is 11.5 Å². The fourth-order valence-corrected chi connectivity index (χ4v) is 3.68. The van der Waals surface area contributed by atoms with Crippen molar-refractivity contribution in [3.8, 4) is 11.5 Å². The molecule has 0 bridgehead atoms. The molecule has 184 valence electrons. The molecule has 8 nitrogen and oxygen atoms in total. The van der Waals surface area contributed by atoms with E-state index in [0.717, 1.165) is 31.5 Å². The van der Waals surface area contributed by atoms with E-state index in [1.54, 1.807) is 44.7 Å². The first-order valence-electron chi connectivity index (χ1n) is 11.7. The number of nitrogens with zero attached hydrogens (tertiary/aromatic N) is 2. The molecule has 0 fully saturated rings. The third-order valence-corrected chi connectivity index (χ3v) is 5.58. The predicted octanol–water partition coefficient (Wildman–Crippen LogP) is 3.46. The molecule has 34 heavy (non-hydrogen) atoms. The number of ether oxygens (including phenoxy) is 2. The lowest BCUT2D eigenvalue weighted by Gasteiger charge is -2.28. The molecule has 1 atom stereocenters. The monoisotopic (exact) mass is 468 g/mol. The molecule has 0 aliphatic carbocycles. The van der Waals surface area contributed by atoms with Crippen LogP contribution in [0.15, 0.2) is 53.6 Å². The van der Waals surface area contributed by atoms with Gasteiger partial charge in [-0.3, -0.25) is 14.5 Å². The van der Waals surface area contributed by atoms with Crippen molar-refractivity contribution in [3.05, 3.63) is 59.7 Å². The number of rotatable bonds is 14. The number of methoxy groups -OCH3 is 2. The van der Waals surface area contributed by atoms with E-state index in [0.29, 0.717) is 30.0 Å². The minimum Gasteiger partial charge on any atom is -0.493 e. The minimum absolute atomic E-state index is 0.0804. The summed E-state index contributed by atoms with van der Waals surface area (Å²) in [5.41, 5.74) is 4.11. The van der Waals surface area contributed by atoms with Crippen molar-refractivity contribution in [1.82, 2.24) is 15.6 Å². The van der Waals surface area contributed by atoms with Gasteiger partial charge in [0, 0.05) is 12.1 Å². The van der Waals surface area contributed by atoms with E-state index in [9.17, 15) is 9.59 Å².